The summed E-state index contributed by atoms with van der Waals surface area (Å²) in [5.74, 6) is -0.846. The fourth-order valence-electron chi connectivity index (χ4n) is 1.76. The summed E-state index contributed by atoms with van der Waals surface area (Å²) in [4.78, 5) is 17.2. The Labute approximate surface area is 108 Å². The van der Waals surface area contributed by atoms with Crippen LogP contribution in [0.5, 0.6) is 0 Å². The topological polar surface area (TPSA) is 62.7 Å². The summed E-state index contributed by atoms with van der Waals surface area (Å²) in [6, 6.07) is 3.21. The highest BCUT2D eigenvalue weighted by Crippen LogP contribution is 2.13. The standard InChI is InChI=1S/C11H13BrN2O3/c12-8-1-2-9(13-5-8)6-14-3-4-17-7-10(14)11(15)16/h1-2,5,10H,3-4,6-7H2,(H,15,16). The van der Waals surface area contributed by atoms with Crippen LogP contribution in [0.2, 0.25) is 0 Å². The van der Waals surface area contributed by atoms with Crippen molar-refractivity contribution in [2.75, 3.05) is 19.8 Å². The van der Waals surface area contributed by atoms with Gasteiger partial charge in [0.05, 0.1) is 18.9 Å². The molecule has 0 radical (unpaired) electrons. The van der Waals surface area contributed by atoms with Gasteiger partial charge in [0, 0.05) is 23.8 Å². The van der Waals surface area contributed by atoms with Gasteiger partial charge in [0.2, 0.25) is 0 Å². The largest absolute Gasteiger partial charge is 0.480 e. The Balaban J connectivity index is 2.05. The average molecular weight is 301 g/mol. The SMILES string of the molecule is O=C(O)C1COCCN1Cc1ccc(Br)cn1. The third-order valence-corrected chi connectivity index (χ3v) is 3.15. The van der Waals surface area contributed by atoms with E-state index in [0.717, 1.165) is 10.2 Å². The lowest BCUT2D eigenvalue weighted by molar-refractivity contribution is -0.150. The van der Waals surface area contributed by atoms with Gasteiger partial charge in [-0.2, -0.15) is 0 Å². The number of rotatable bonds is 3. The molecule has 1 aliphatic heterocycles. The molecule has 6 heteroatoms. The Morgan fingerprint density at radius 3 is 3.12 bits per heavy atom. The second-order valence-corrected chi connectivity index (χ2v) is 4.78. The maximum absolute atomic E-state index is 11.1. The molecule has 1 saturated heterocycles. The normalized spacial score (nSPS) is 21.4. The van der Waals surface area contributed by atoms with Gasteiger partial charge in [-0.05, 0) is 28.1 Å². The second-order valence-electron chi connectivity index (χ2n) is 3.87. The minimum Gasteiger partial charge on any atom is -0.480 e. The summed E-state index contributed by atoms with van der Waals surface area (Å²) in [5, 5.41) is 9.08. The smallest absolute Gasteiger partial charge is 0.323 e. The number of carboxylic acid groups (broad SMARTS) is 1. The van der Waals surface area contributed by atoms with E-state index >= 15 is 0 Å². The molecule has 5 nitrogen and oxygen atoms in total. The number of aromatic nitrogens is 1. The average Bonchev–Trinajstić information content (AvgIpc) is 2.32. The summed E-state index contributed by atoms with van der Waals surface area (Å²) in [6.07, 6.45) is 1.71. The van der Waals surface area contributed by atoms with E-state index in [1.807, 2.05) is 17.0 Å². The molecule has 1 unspecified atom stereocenters. The van der Waals surface area contributed by atoms with Crippen LogP contribution < -0.4 is 0 Å². The quantitative estimate of drug-likeness (QED) is 0.907. The Kier molecular flexibility index (Phi) is 4.09. The first-order valence-corrected chi connectivity index (χ1v) is 6.11. The lowest BCUT2D eigenvalue weighted by Crippen LogP contribution is -2.49. The molecule has 1 atom stereocenters. The van der Waals surface area contributed by atoms with Gasteiger partial charge in [-0.15, -0.1) is 0 Å². The molecule has 1 aromatic rings. The Hall–Kier alpha value is -0.980. The van der Waals surface area contributed by atoms with Crippen molar-refractivity contribution in [1.29, 1.82) is 0 Å². The lowest BCUT2D eigenvalue weighted by atomic mass is 10.2. The van der Waals surface area contributed by atoms with Gasteiger partial charge in [-0.1, -0.05) is 0 Å². The van der Waals surface area contributed by atoms with Crippen LogP contribution in [-0.2, 0) is 16.1 Å². The summed E-state index contributed by atoms with van der Waals surface area (Å²) < 4.78 is 6.09. The minimum atomic E-state index is -0.846. The molecule has 92 valence electrons. The van der Waals surface area contributed by atoms with Crippen LogP contribution in [0.25, 0.3) is 0 Å². The van der Waals surface area contributed by atoms with Crippen LogP contribution in [-0.4, -0.2) is 46.8 Å². The van der Waals surface area contributed by atoms with Crippen molar-refractivity contribution >= 4 is 21.9 Å². The van der Waals surface area contributed by atoms with Crippen molar-refractivity contribution in [3.8, 4) is 0 Å². The zero-order valence-electron chi connectivity index (χ0n) is 9.17. The first kappa shape index (κ1) is 12.5. The summed E-state index contributed by atoms with van der Waals surface area (Å²) in [7, 11) is 0. The fraction of sp³-hybridized carbons (Fsp3) is 0.455. The summed E-state index contributed by atoms with van der Waals surface area (Å²) in [6.45, 7) is 1.97. The molecule has 1 fully saturated rings. The molecule has 0 amide bonds. The van der Waals surface area contributed by atoms with Gasteiger partial charge in [-0.3, -0.25) is 14.7 Å². The van der Waals surface area contributed by atoms with Crippen LogP contribution in [0.3, 0.4) is 0 Å². The molecule has 0 aromatic carbocycles. The zero-order valence-corrected chi connectivity index (χ0v) is 10.8. The van der Waals surface area contributed by atoms with Crippen molar-refractivity contribution < 1.29 is 14.6 Å². The Morgan fingerprint density at radius 2 is 2.47 bits per heavy atom. The highest BCUT2D eigenvalue weighted by atomic mass is 79.9. The van der Waals surface area contributed by atoms with Gasteiger partial charge in [0.15, 0.2) is 0 Å². The van der Waals surface area contributed by atoms with Crippen LogP contribution in [0.4, 0.5) is 0 Å². The molecule has 1 aromatic heterocycles. The number of carbonyl (C=O) groups is 1. The van der Waals surface area contributed by atoms with E-state index in [2.05, 4.69) is 20.9 Å². The number of ether oxygens (including phenoxy) is 1. The van der Waals surface area contributed by atoms with Gasteiger partial charge in [-0.25, -0.2) is 0 Å². The number of hydrogen-bond donors (Lipinski definition) is 1. The Morgan fingerprint density at radius 1 is 1.65 bits per heavy atom. The number of halogens is 1. The zero-order chi connectivity index (χ0) is 12.3. The van der Waals surface area contributed by atoms with Crippen molar-refractivity contribution in [1.82, 2.24) is 9.88 Å². The van der Waals surface area contributed by atoms with E-state index in [0.29, 0.717) is 19.7 Å². The second kappa shape index (κ2) is 5.57. The van der Waals surface area contributed by atoms with Crippen molar-refractivity contribution in [2.45, 2.75) is 12.6 Å². The molecule has 1 N–H and O–H groups in total. The van der Waals surface area contributed by atoms with Crippen LogP contribution in [0.15, 0.2) is 22.8 Å². The number of hydrogen-bond acceptors (Lipinski definition) is 4. The highest BCUT2D eigenvalue weighted by molar-refractivity contribution is 9.10. The van der Waals surface area contributed by atoms with E-state index in [1.54, 1.807) is 6.20 Å². The maximum Gasteiger partial charge on any atom is 0.323 e. The van der Waals surface area contributed by atoms with Crippen LogP contribution >= 0.6 is 15.9 Å². The number of carboxylic acids is 1. The predicted octanol–water partition coefficient (Wildman–Crippen LogP) is 1.13. The van der Waals surface area contributed by atoms with Gasteiger partial charge in [0.25, 0.3) is 0 Å². The van der Waals surface area contributed by atoms with Gasteiger partial charge in [0.1, 0.15) is 6.04 Å². The van der Waals surface area contributed by atoms with E-state index in [4.69, 9.17) is 9.84 Å². The molecule has 2 heterocycles. The third kappa shape index (κ3) is 3.24. The first-order valence-electron chi connectivity index (χ1n) is 5.32. The molecule has 0 spiro atoms. The van der Waals surface area contributed by atoms with E-state index < -0.39 is 12.0 Å². The number of nitrogens with zero attached hydrogens (tertiary/aromatic N) is 2. The molecule has 0 aliphatic carbocycles. The lowest BCUT2D eigenvalue weighted by Gasteiger charge is -2.32. The monoisotopic (exact) mass is 300 g/mol. The van der Waals surface area contributed by atoms with Crippen LogP contribution in [0, 0.1) is 0 Å². The fourth-order valence-corrected chi connectivity index (χ4v) is 2.00. The minimum absolute atomic E-state index is 0.242. The molecule has 2 rings (SSSR count). The molecule has 17 heavy (non-hydrogen) atoms. The molecular formula is C11H13BrN2O3. The van der Waals surface area contributed by atoms with Crippen molar-refractivity contribution in [2.24, 2.45) is 0 Å². The van der Waals surface area contributed by atoms with E-state index in [1.165, 1.54) is 0 Å². The molecule has 1 aliphatic rings. The number of pyridine rings is 1. The number of aliphatic carboxylic acids is 1. The van der Waals surface area contributed by atoms with Gasteiger partial charge < -0.3 is 9.84 Å². The number of morpholine rings is 1. The van der Waals surface area contributed by atoms with Crippen molar-refractivity contribution in [3.05, 3.63) is 28.5 Å². The van der Waals surface area contributed by atoms with E-state index in [9.17, 15) is 4.79 Å². The first-order chi connectivity index (χ1) is 8.16. The van der Waals surface area contributed by atoms with Crippen LogP contribution in [0.1, 0.15) is 5.69 Å². The Bertz CT molecular complexity index is 396. The molecule has 0 saturated carbocycles. The third-order valence-electron chi connectivity index (χ3n) is 2.68. The van der Waals surface area contributed by atoms with Gasteiger partial charge >= 0.3 is 5.97 Å². The summed E-state index contributed by atoms with van der Waals surface area (Å²) in [5.41, 5.74) is 0.862. The molecule has 0 bridgehead atoms. The highest BCUT2D eigenvalue weighted by Gasteiger charge is 2.29. The maximum atomic E-state index is 11.1. The van der Waals surface area contributed by atoms with E-state index in [-0.39, 0.29) is 6.61 Å². The predicted molar refractivity (Wildman–Crippen MR) is 64.6 cm³/mol. The summed E-state index contributed by atoms with van der Waals surface area (Å²) >= 11 is 3.32. The van der Waals surface area contributed by atoms with Crippen molar-refractivity contribution in [3.63, 3.8) is 0 Å². The molecular weight excluding hydrogens is 288 g/mol.